The fourth-order valence-corrected chi connectivity index (χ4v) is 3.98. The lowest BCUT2D eigenvalue weighted by Crippen LogP contribution is -2.23. The second-order valence-corrected chi connectivity index (χ2v) is 7.95. The normalized spacial score (nSPS) is 11.5. The minimum absolute atomic E-state index is 0.896. The molecule has 0 aliphatic heterocycles. The van der Waals surface area contributed by atoms with Crippen LogP contribution in [0.5, 0.6) is 0 Å². The summed E-state index contributed by atoms with van der Waals surface area (Å²) in [6.45, 7) is 14.7. The van der Waals surface area contributed by atoms with Crippen molar-refractivity contribution in [2.75, 3.05) is 49.1 Å². The second kappa shape index (κ2) is 15.2. The molecule has 0 spiro atoms. The number of nitrogens with zero attached hydrogens (tertiary/aromatic N) is 4. The minimum atomic E-state index is 0.896. The summed E-state index contributed by atoms with van der Waals surface area (Å²) in [6, 6.07) is 17.1. The highest BCUT2D eigenvalue weighted by Gasteiger charge is 2.06. The van der Waals surface area contributed by atoms with Crippen LogP contribution in [0.3, 0.4) is 0 Å². The van der Waals surface area contributed by atoms with Crippen molar-refractivity contribution in [3.63, 3.8) is 0 Å². The molecule has 0 fully saturated rings. The number of hydrogen-bond acceptors (Lipinski definition) is 4. The van der Waals surface area contributed by atoms with Crippen molar-refractivity contribution in [1.82, 2.24) is 0 Å². The van der Waals surface area contributed by atoms with E-state index in [2.05, 4.69) is 96.0 Å². The zero-order valence-corrected chi connectivity index (χ0v) is 20.6. The van der Waals surface area contributed by atoms with Gasteiger partial charge in [0.1, 0.15) is 0 Å². The summed E-state index contributed by atoms with van der Waals surface area (Å²) >= 11 is 0. The summed E-state index contributed by atoms with van der Waals surface area (Å²) in [4.78, 5) is 14.1. The molecule has 0 atom stereocenters. The van der Waals surface area contributed by atoms with Gasteiger partial charge in [0.2, 0.25) is 0 Å². The van der Waals surface area contributed by atoms with Gasteiger partial charge in [0.25, 0.3) is 0 Å². The second-order valence-electron chi connectivity index (χ2n) is 7.95. The maximum atomic E-state index is 4.68. The molecule has 0 amide bonds. The largest absolute Gasteiger partial charge is 0.372 e. The number of hydrogen-bond donors (Lipinski definition) is 0. The first-order valence-electron chi connectivity index (χ1n) is 12.4. The van der Waals surface area contributed by atoms with Gasteiger partial charge in [0.15, 0.2) is 0 Å². The topological polar surface area (TPSA) is 31.2 Å². The van der Waals surface area contributed by atoms with E-state index in [-0.39, 0.29) is 0 Å². The highest BCUT2D eigenvalue weighted by atomic mass is 15.1. The summed E-state index contributed by atoms with van der Waals surface area (Å²) in [5.41, 5.74) is 4.99. The highest BCUT2D eigenvalue weighted by molar-refractivity contribution is 5.88. The van der Waals surface area contributed by atoms with Crippen molar-refractivity contribution in [1.29, 1.82) is 0 Å². The predicted octanol–water partition coefficient (Wildman–Crippen LogP) is 6.48. The van der Waals surface area contributed by atoms with Gasteiger partial charge in [-0.3, -0.25) is 9.98 Å². The SMILES string of the molecule is CCN(CC)c1ccccc1C=NCCCCCCN=Cc1ccccc1N(CC)CC. The molecular weight excluding hydrogens is 392 g/mol. The van der Waals surface area contributed by atoms with Crippen LogP contribution in [-0.4, -0.2) is 51.7 Å². The Balaban J connectivity index is 1.69. The van der Waals surface area contributed by atoms with Crippen molar-refractivity contribution >= 4 is 23.8 Å². The van der Waals surface area contributed by atoms with Gasteiger partial charge in [0.05, 0.1) is 0 Å². The maximum Gasteiger partial charge on any atom is 0.0455 e. The van der Waals surface area contributed by atoms with E-state index in [0.29, 0.717) is 0 Å². The Labute approximate surface area is 196 Å². The number of unbranched alkanes of at least 4 members (excludes halogenated alkanes) is 3. The van der Waals surface area contributed by atoms with Gasteiger partial charge < -0.3 is 9.80 Å². The Bertz CT molecular complexity index is 750. The van der Waals surface area contributed by atoms with E-state index in [1.54, 1.807) is 0 Å². The van der Waals surface area contributed by atoms with Gasteiger partial charge in [-0.05, 0) is 52.7 Å². The monoisotopic (exact) mass is 434 g/mol. The fourth-order valence-electron chi connectivity index (χ4n) is 3.98. The van der Waals surface area contributed by atoms with Gasteiger partial charge in [-0.25, -0.2) is 0 Å². The van der Waals surface area contributed by atoms with E-state index >= 15 is 0 Å². The Morgan fingerprint density at radius 2 is 0.938 bits per heavy atom. The molecule has 0 aliphatic carbocycles. The Morgan fingerprint density at radius 3 is 1.31 bits per heavy atom. The standard InChI is InChI=1S/C28H42N4/c1-5-31(6-2)27-19-13-11-17-25(27)23-29-21-15-9-10-16-22-30-24-26-18-12-14-20-28(26)32(7-3)8-4/h11-14,17-20,23-24H,5-10,15-16,21-22H2,1-4H3. The molecule has 2 aromatic rings. The minimum Gasteiger partial charge on any atom is -0.372 e. The lowest BCUT2D eigenvalue weighted by molar-refractivity contribution is 0.655. The Morgan fingerprint density at radius 1 is 0.562 bits per heavy atom. The Kier molecular flexibility index (Phi) is 12.2. The van der Waals surface area contributed by atoms with Gasteiger partial charge in [0, 0.05) is 74.2 Å². The quantitative estimate of drug-likeness (QED) is 0.237. The first kappa shape index (κ1) is 25.6. The lowest BCUT2D eigenvalue weighted by Gasteiger charge is -2.22. The van der Waals surface area contributed by atoms with Crippen LogP contribution in [-0.2, 0) is 0 Å². The van der Waals surface area contributed by atoms with Crippen LogP contribution in [0.25, 0.3) is 0 Å². The summed E-state index contributed by atoms with van der Waals surface area (Å²) in [6.07, 6.45) is 8.79. The molecule has 0 N–H and O–H groups in total. The summed E-state index contributed by atoms with van der Waals surface area (Å²) in [7, 11) is 0. The summed E-state index contributed by atoms with van der Waals surface area (Å²) < 4.78 is 0. The van der Waals surface area contributed by atoms with Crippen molar-refractivity contribution < 1.29 is 0 Å². The third-order valence-electron chi connectivity index (χ3n) is 5.87. The van der Waals surface area contributed by atoms with Crippen molar-refractivity contribution in [3.05, 3.63) is 59.7 Å². The molecule has 0 aromatic heterocycles. The van der Waals surface area contributed by atoms with Crippen LogP contribution < -0.4 is 9.80 Å². The van der Waals surface area contributed by atoms with E-state index in [1.165, 1.54) is 35.3 Å². The molecule has 0 unspecified atom stereocenters. The summed E-state index contributed by atoms with van der Waals surface area (Å²) in [5, 5.41) is 0. The van der Waals surface area contributed by atoms with Crippen LogP contribution in [0.15, 0.2) is 58.5 Å². The van der Waals surface area contributed by atoms with Gasteiger partial charge in [-0.2, -0.15) is 0 Å². The molecule has 0 aliphatic rings. The van der Waals surface area contributed by atoms with E-state index in [9.17, 15) is 0 Å². The van der Waals surface area contributed by atoms with E-state index in [1.807, 2.05) is 12.4 Å². The maximum absolute atomic E-state index is 4.68. The average Bonchev–Trinajstić information content (AvgIpc) is 2.83. The molecule has 32 heavy (non-hydrogen) atoms. The van der Waals surface area contributed by atoms with Crippen LogP contribution in [0.1, 0.15) is 64.5 Å². The number of anilines is 2. The fraction of sp³-hybridized carbons (Fsp3) is 0.500. The molecule has 174 valence electrons. The van der Waals surface area contributed by atoms with Crippen molar-refractivity contribution in [2.45, 2.75) is 53.4 Å². The Hall–Kier alpha value is -2.62. The third-order valence-corrected chi connectivity index (χ3v) is 5.87. The molecule has 4 heteroatoms. The molecular formula is C28H42N4. The van der Waals surface area contributed by atoms with E-state index in [0.717, 1.165) is 52.1 Å². The van der Waals surface area contributed by atoms with Gasteiger partial charge in [-0.1, -0.05) is 49.2 Å². The number of benzene rings is 2. The van der Waals surface area contributed by atoms with Crippen molar-refractivity contribution in [2.24, 2.45) is 9.98 Å². The first-order valence-corrected chi connectivity index (χ1v) is 12.4. The number of para-hydroxylation sites is 2. The third kappa shape index (κ3) is 8.14. The van der Waals surface area contributed by atoms with Crippen LogP contribution in [0, 0.1) is 0 Å². The zero-order valence-electron chi connectivity index (χ0n) is 20.6. The zero-order chi connectivity index (χ0) is 23.0. The van der Waals surface area contributed by atoms with Crippen molar-refractivity contribution in [3.8, 4) is 0 Å². The first-order chi connectivity index (χ1) is 15.7. The molecule has 0 bridgehead atoms. The predicted molar refractivity (Wildman–Crippen MR) is 143 cm³/mol. The van der Waals surface area contributed by atoms with Gasteiger partial charge in [-0.15, -0.1) is 0 Å². The van der Waals surface area contributed by atoms with E-state index in [4.69, 9.17) is 0 Å². The molecule has 0 saturated heterocycles. The molecule has 2 aromatic carbocycles. The van der Waals surface area contributed by atoms with Crippen LogP contribution in [0.2, 0.25) is 0 Å². The number of rotatable bonds is 15. The molecule has 0 radical (unpaired) electrons. The van der Waals surface area contributed by atoms with Gasteiger partial charge >= 0.3 is 0 Å². The highest BCUT2D eigenvalue weighted by Crippen LogP contribution is 2.19. The smallest absolute Gasteiger partial charge is 0.0455 e. The molecule has 0 heterocycles. The average molecular weight is 435 g/mol. The molecule has 4 nitrogen and oxygen atoms in total. The summed E-state index contributed by atoms with van der Waals surface area (Å²) in [5.74, 6) is 0. The molecule has 2 rings (SSSR count). The number of aliphatic imine (C=N–C) groups is 2. The van der Waals surface area contributed by atoms with Crippen LogP contribution in [0.4, 0.5) is 11.4 Å². The lowest BCUT2D eigenvalue weighted by atomic mass is 10.1. The van der Waals surface area contributed by atoms with Crippen LogP contribution >= 0.6 is 0 Å². The molecule has 0 saturated carbocycles. The van der Waals surface area contributed by atoms with E-state index < -0.39 is 0 Å².